The first-order valence-corrected chi connectivity index (χ1v) is 9.74. The van der Waals surface area contributed by atoms with Crippen LogP contribution in [0.25, 0.3) is 0 Å². The third-order valence-electron chi connectivity index (χ3n) is 4.72. The van der Waals surface area contributed by atoms with Crippen molar-refractivity contribution in [1.82, 2.24) is 10.6 Å². The van der Waals surface area contributed by atoms with Gasteiger partial charge in [0.1, 0.15) is 0 Å². The van der Waals surface area contributed by atoms with Crippen LogP contribution in [0.5, 0.6) is 0 Å². The molecule has 5 heteroatoms. The molecule has 0 amide bonds. The second kappa shape index (κ2) is 8.28. The minimum absolute atomic E-state index is 0.529. The molecule has 122 valence electrons. The zero-order chi connectivity index (χ0) is 15.1. The molecule has 0 aromatic heterocycles. The zero-order valence-corrected chi connectivity index (χ0v) is 14.3. The van der Waals surface area contributed by atoms with Crippen LogP contribution >= 0.6 is 11.8 Å². The lowest BCUT2D eigenvalue weighted by atomic mass is 9.85. The molecule has 2 rings (SSSR count). The Morgan fingerprint density at radius 2 is 2.05 bits per heavy atom. The van der Waals surface area contributed by atoms with Crippen molar-refractivity contribution in [2.24, 2.45) is 4.99 Å². The van der Waals surface area contributed by atoms with Crippen LogP contribution in [-0.4, -0.2) is 47.3 Å². The molecule has 0 aromatic rings. The van der Waals surface area contributed by atoms with E-state index in [0.717, 1.165) is 43.4 Å². The molecule has 2 atom stereocenters. The quantitative estimate of drug-likeness (QED) is 0.539. The monoisotopic (exact) mass is 313 g/mol. The van der Waals surface area contributed by atoms with E-state index in [-0.39, 0.29) is 0 Å². The number of thioether (sulfide) groups is 1. The minimum Gasteiger partial charge on any atom is -0.388 e. The van der Waals surface area contributed by atoms with Crippen molar-refractivity contribution in [3.05, 3.63) is 0 Å². The van der Waals surface area contributed by atoms with Gasteiger partial charge < -0.3 is 15.7 Å². The number of hydrogen-bond acceptors (Lipinski definition) is 3. The number of nitrogens with one attached hydrogen (secondary N) is 2. The molecule has 2 aliphatic carbocycles. The fraction of sp³-hybridized carbons (Fsp3) is 0.938. The van der Waals surface area contributed by atoms with Gasteiger partial charge >= 0.3 is 0 Å². The van der Waals surface area contributed by atoms with Crippen LogP contribution in [0.1, 0.15) is 58.3 Å². The van der Waals surface area contributed by atoms with Crippen molar-refractivity contribution in [2.45, 2.75) is 75.2 Å². The second-order valence-corrected chi connectivity index (χ2v) is 7.63. The van der Waals surface area contributed by atoms with Crippen molar-refractivity contribution in [2.75, 3.05) is 19.3 Å². The zero-order valence-electron chi connectivity index (χ0n) is 13.5. The van der Waals surface area contributed by atoms with Crippen LogP contribution in [0.15, 0.2) is 4.99 Å². The summed E-state index contributed by atoms with van der Waals surface area (Å²) in [6.07, 6.45) is 11.2. The van der Waals surface area contributed by atoms with E-state index in [2.05, 4.69) is 28.8 Å². The number of nitrogens with zero attached hydrogens (tertiary/aromatic N) is 1. The molecule has 0 heterocycles. The van der Waals surface area contributed by atoms with E-state index in [1.807, 2.05) is 11.8 Å². The maximum Gasteiger partial charge on any atom is 0.191 e. The molecule has 0 spiro atoms. The van der Waals surface area contributed by atoms with E-state index >= 15 is 0 Å². The van der Waals surface area contributed by atoms with Crippen LogP contribution in [-0.2, 0) is 0 Å². The predicted molar refractivity (Wildman–Crippen MR) is 92.1 cm³/mol. The first kappa shape index (κ1) is 16.9. The van der Waals surface area contributed by atoms with Gasteiger partial charge in [-0.1, -0.05) is 19.3 Å². The van der Waals surface area contributed by atoms with Crippen molar-refractivity contribution >= 4 is 17.7 Å². The standard InChI is InChI=1S/C16H31N3OS/c1-3-17-15(19-13-7-8-14(11-13)21-2)18-12-16(20)9-5-4-6-10-16/h13-14,20H,3-12H2,1-2H3,(H2,17,18,19). The Labute approximate surface area is 133 Å². The molecule has 4 nitrogen and oxygen atoms in total. The third-order valence-corrected chi connectivity index (χ3v) is 5.81. The number of hydrogen-bond donors (Lipinski definition) is 3. The SMILES string of the molecule is CCNC(=NCC1(O)CCCCC1)NC1CCC(SC)C1. The first-order chi connectivity index (χ1) is 10.1. The lowest BCUT2D eigenvalue weighted by Crippen LogP contribution is -2.44. The molecule has 0 radical (unpaired) electrons. The summed E-state index contributed by atoms with van der Waals surface area (Å²) in [5.74, 6) is 0.878. The Bertz CT molecular complexity index is 342. The van der Waals surface area contributed by atoms with E-state index < -0.39 is 5.60 Å². The van der Waals surface area contributed by atoms with E-state index in [9.17, 15) is 5.11 Å². The Hall–Kier alpha value is -0.420. The van der Waals surface area contributed by atoms with Crippen molar-refractivity contribution in [3.8, 4) is 0 Å². The summed E-state index contributed by atoms with van der Waals surface area (Å²) in [6.45, 7) is 3.48. The van der Waals surface area contributed by atoms with Crippen LogP contribution in [0.3, 0.4) is 0 Å². The Morgan fingerprint density at radius 3 is 2.67 bits per heavy atom. The lowest BCUT2D eigenvalue weighted by molar-refractivity contribution is 0.0131. The largest absolute Gasteiger partial charge is 0.388 e. The summed E-state index contributed by atoms with van der Waals surface area (Å²) in [7, 11) is 0. The Morgan fingerprint density at radius 1 is 1.29 bits per heavy atom. The molecule has 0 aromatic carbocycles. The molecule has 2 aliphatic rings. The van der Waals surface area contributed by atoms with E-state index in [1.54, 1.807) is 0 Å². The van der Waals surface area contributed by atoms with Crippen LogP contribution in [0, 0.1) is 0 Å². The lowest BCUT2D eigenvalue weighted by Gasteiger charge is -2.30. The molecule has 0 bridgehead atoms. The maximum atomic E-state index is 10.6. The topological polar surface area (TPSA) is 56.7 Å². The van der Waals surface area contributed by atoms with Gasteiger partial charge in [-0.05, 0) is 45.3 Å². The van der Waals surface area contributed by atoms with Gasteiger partial charge in [-0.25, -0.2) is 0 Å². The molecule has 3 N–H and O–H groups in total. The van der Waals surface area contributed by atoms with Crippen LogP contribution in [0.4, 0.5) is 0 Å². The molecule has 21 heavy (non-hydrogen) atoms. The Balaban J connectivity index is 1.86. The van der Waals surface area contributed by atoms with Gasteiger partial charge in [0, 0.05) is 17.8 Å². The summed E-state index contributed by atoms with van der Waals surface area (Å²) in [5, 5.41) is 18.2. The predicted octanol–water partition coefficient (Wildman–Crippen LogP) is 2.52. The third kappa shape index (κ3) is 5.37. The highest BCUT2D eigenvalue weighted by molar-refractivity contribution is 7.99. The summed E-state index contributed by atoms with van der Waals surface area (Å²) in [4.78, 5) is 4.66. The van der Waals surface area contributed by atoms with Gasteiger partial charge in [-0.15, -0.1) is 0 Å². The summed E-state index contributed by atoms with van der Waals surface area (Å²) in [5.41, 5.74) is -0.571. The van der Waals surface area contributed by atoms with Gasteiger partial charge in [0.2, 0.25) is 0 Å². The second-order valence-electron chi connectivity index (χ2n) is 6.49. The molecule has 2 unspecified atom stereocenters. The molecule has 0 aliphatic heterocycles. The first-order valence-electron chi connectivity index (χ1n) is 8.45. The average Bonchev–Trinajstić information content (AvgIpc) is 2.94. The van der Waals surface area contributed by atoms with Gasteiger partial charge in [0.15, 0.2) is 5.96 Å². The number of aliphatic imine (C=N–C) groups is 1. The number of rotatable bonds is 5. The highest BCUT2D eigenvalue weighted by Crippen LogP contribution is 2.29. The van der Waals surface area contributed by atoms with Crippen LogP contribution < -0.4 is 10.6 Å². The van der Waals surface area contributed by atoms with Gasteiger partial charge in [0.25, 0.3) is 0 Å². The van der Waals surface area contributed by atoms with E-state index in [1.165, 1.54) is 25.7 Å². The number of guanidine groups is 1. The summed E-state index contributed by atoms with van der Waals surface area (Å²) in [6, 6.07) is 0.529. The molecule has 2 fully saturated rings. The van der Waals surface area contributed by atoms with Crippen LogP contribution in [0.2, 0.25) is 0 Å². The van der Waals surface area contributed by atoms with Gasteiger partial charge in [-0.3, -0.25) is 4.99 Å². The average molecular weight is 314 g/mol. The maximum absolute atomic E-state index is 10.6. The smallest absolute Gasteiger partial charge is 0.191 e. The summed E-state index contributed by atoms with van der Waals surface area (Å²) < 4.78 is 0. The molecular formula is C16H31N3OS. The van der Waals surface area contributed by atoms with Crippen molar-refractivity contribution < 1.29 is 5.11 Å². The highest BCUT2D eigenvalue weighted by atomic mass is 32.2. The highest BCUT2D eigenvalue weighted by Gasteiger charge is 2.29. The van der Waals surface area contributed by atoms with Crippen molar-refractivity contribution in [1.29, 1.82) is 0 Å². The molecular weight excluding hydrogens is 282 g/mol. The molecule has 2 saturated carbocycles. The fourth-order valence-electron chi connectivity index (χ4n) is 3.39. The normalized spacial score (nSPS) is 29.4. The minimum atomic E-state index is -0.571. The number of aliphatic hydroxyl groups is 1. The summed E-state index contributed by atoms with van der Waals surface area (Å²) >= 11 is 1.97. The fourth-order valence-corrected chi connectivity index (χ4v) is 4.19. The van der Waals surface area contributed by atoms with Crippen molar-refractivity contribution in [3.63, 3.8) is 0 Å². The van der Waals surface area contributed by atoms with E-state index in [0.29, 0.717) is 12.6 Å². The van der Waals surface area contributed by atoms with E-state index in [4.69, 9.17) is 0 Å². The molecule has 0 saturated heterocycles. The Kier molecular flexibility index (Phi) is 6.68. The van der Waals surface area contributed by atoms with Gasteiger partial charge in [0.05, 0.1) is 12.1 Å². The van der Waals surface area contributed by atoms with Gasteiger partial charge in [-0.2, -0.15) is 11.8 Å².